The van der Waals surface area contributed by atoms with E-state index in [0.717, 1.165) is 29.8 Å². The van der Waals surface area contributed by atoms with Gasteiger partial charge in [0, 0.05) is 5.02 Å². The van der Waals surface area contributed by atoms with Crippen LogP contribution in [0.1, 0.15) is 32.3 Å². The van der Waals surface area contributed by atoms with Gasteiger partial charge in [0.15, 0.2) is 0 Å². The van der Waals surface area contributed by atoms with Crippen molar-refractivity contribution in [3.8, 4) is 0 Å². The van der Waals surface area contributed by atoms with Crippen molar-refractivity contribution in [2.75, 3.05) is 6.61 Å². The summed E-state index contributed by atoms with van der Waals surface area (Å²) in [5.41, 5.74) is -0.0418. The zero-order chi connectivity index (χ0) is 13.4. The Morgan fingerprint density at radius 1 is 1.28 bits per heavy atom. The van der Waals surface area contributed by atoms with Gasteiger partial charge in [-0.25, -0.2) is 0 Å². The Morgan fingerprint density at radius 3 is 2.44 bits per heavy atom. The average molecular weight is 269 g/mol. The van der Waals surface area contributed by atoms with Crippen LogP contribution >= 0.6 is 11.6 Å². The Morgan fingerprint density at radius 2 is 1.89 bits per heavy atom. The SMILES string of the molecule is CC1(C)CC[C@@H](Cc2ccc(Cl)cc2)[C@@]1(O)CO. The van der Waals surface area contributed by atoms with Crippen LogP contribution in [0.4, 0.5) is 0 Å². The Hall–Kier alpha value is -0.570. The minimum absolute atomic E-state index is 0.110. The number of benzene rings is 1. The van der Waals surface area contributed by atoms with Gasteiger partial charge in [-0.2, -0.15) is 0 Å². The third-order valence-electron chi connectivity index (χ3n) is 4.60. The van der Waals surface area contributed by atoms with Crippen LogP contribution in [-0.4, -0.2) is 22.4 Å². The first-order valence-electron chi connectivity index (χ1n) is 6.47. The maximum Gasteiger partial charge on any atom is 0.0958 e. The minimum atomic E-state index is -0.980. The molecule has 3 heteroatoms. The van der Waals surface area contributed by atoms with Gasteiger partial charge in [-0.15, -0.1) is 0 Å². The monoisotopic (exact) mass is 268 g/mol. The van der Waals surface area contributed by atoms with E-state index in [0.29, 0.717) is 0 Å². The maximum absolute atomic E-state index is 10.7. The van der Waals surface area contributed by atoms with E-state index in [1.165, 1.54) is 0 Å². The number of hydrogen-bond acceptors (Lipinski definition) is 2. The fourth-order valence-electron chi connectivity index (χ4n) is 3.06. The van der Waals surface area contributed by atoms with Gasteiger partial charge in [-0.1, -0.05) is 37.6 Å². The van der Waals surface area contributed by atoms with Crippen molar-refractivity contribution in [2.45, 2.75) is 38.7 Å². The molecule has 1 aromatic carbocycles. The molecule has 0 unspecified atom stereocenters. The molecule has 1 aliphatic carbocycles. The molecule has 0 amide bonds. The smallest absolute Gasteiger partial charge is 0.0958 e. The fourth-order valence-corrected chi connectivity index (χ4v) is 3.19. The van der Waals surface area contributed by atoms with Gasteiger partial charge >= 0.3 is 0 Å². The zero-order valence-electron chi connectivity index (χ0n) is 11.0. The lowest BCUT2D eigenvalue weighted by Gasteiger charge is -2.39. The third kappa shape index (κ3) is 2.29. The van der Waals surface area contributed by atoms with Crippen LogP contribution in [0, 0.1) is 11.3 Å². The second kappa shape index (κ2) is 4.84. The molecule has 0 radical (unpaired) electrons. The van der Waals surface area contributed by atoms with Gasteiger partial charge in [-0.3, -0.25) is 0 Å². The van der Waals surface area contributed by atoms with Crippen LogP contribution in [0.25, 0.3) is 0 Å². The molecule has 1 fully saturated rings. The predicted molar refractivity (Wildman–Crippen MR) is 73.7 cm³/mol. The Bertz CT molecular complexity index is 413. The van der Waals surface area contributed by atoms with Crippen molar-refractivity contribution in [1.82, 2.24) is 0 Å². The quantitative estimate of drug-likeness (QED) is 0.885. The summed E-state index contributed by atoms with van der Waals surface area (Å²) in [6.45, 7) is 3.90. The molecule has 100 valence electrons. The van der Waals surface area contributed by atoms with Gasteiger partial charge in [0.05, 0.1) is 12.2 Å². The van der Waals surface area contributed by atoms with E-state index >= 15 is 0 Å². The first-order chi connectivity index (χ1) is 8.39. The highest BCUT2D eigenvalue weighted by atomic mass is 35.5. The summed E-state index contributed by atoms with van der Waals surface area (Å²) in [7, 11) is 0. The highest BCUT2D eigenvalue weighted by Gasteiger charge is 2.53. The summed E-state index contributed by atoms with van der Waals surface area (Å²) < 4.78 is 0. The first kappa shape index (κ1) is 13.9. The zero-order valence-corrected chi connectivity index (χ0v) is 11.7. The molecule has 0 aliphatic heterocycles. The van der Waals surface area contributed by atoms with Crippen LogP contribution in [0.2, 0.25) is 5.02 Å². The summed E-state index contributed by atoms with van der Waals surface area (Å²) in [6.07, 6.45) is 2.69. The molecule has 0 heterocycles. The van der Waals surface area contributed by atoms with E-state index in [1.54, 1.807) is 0 Å². The predicted octanol–water partition coefficient (Wildman–Crippen LogP) is 3.04. The molecular formula is C15H21ClO2. The summed E-state index contributed by atoms with van der Waals surface area (Å²) in [5.74, 6) is 0.110. The first-order valence-corrected chi connectivity index (χ1v) is 6.84. The van der Waals surface area contributed by atoms with Crippen molar-refractivity contribution in [2.24, 2.45) is 11.3 Å². The molecule has 2 rings (SSSR count). The van der Waals surface area contributed by atoms with Crippen LogP contribution < -0.4 is 0 Å². The van der Waals surface area contributed by atoms with E-state index in [-0.39, 0.29) is 17.9 Å². The number of rotatable bonds is 3. The number of aliphatic hydroxyl groups is 2. The van der Waals surface area contributed by atoms with Gasteiger partial charge in [0.1, 0.15) is 0 Å². The normalized spacial score (nSPS) is 30.6. The van der Waals surface area contributed by atoms with E-state index < -0.39 is 5.60 Å². The van der Waals surface area contributed by atoms with Crippen molar-refractivity contribution in [1.29, 1.82) is 0 Å². The average Bonchev–Trinajstić information content (AvgIpc) is 2.56. The second-order valence-corrected chi connectivity index (χ2v) is 6.47. The van der Waals surface area contributed by atoms with E-state index in [2.05, 4.69) is 0 Å². The van der Waals surface area contributed by atoms with E-state index in [1.807, 2.05) is 38.1 Å². The van der Waals surface area contributed by atoms with Crippen molar-refractivity contribution in [3.63, 3.8) is 0 Å². The lowest BCUT2D eigenvalue weighted by molar-refractivity contribution is -0.110. The Kier molecular flexibility index (Phi) is 3.72. The molecule has 18 heavy (non-hydrogen) atoms. The summed E-state index contributed by atoms with van der Waals surface area (Å²) >= 11 is 5.87. The van der Waals surface area contributed by atoms with Crippen LogP contribution in [0.3, 0.4) is 0 Å². The highest BCUT2D eigenvalue weighted by Crippen LogP contribution is 2.50. The van der Waals surface area contributed by atoms with Gasteiger partial charge < -0.3 is 10.2 Å². The topological polar surface area (TPSA) is 40.5 Å². The molecular weight excluding hydrogens is 248 g/mol. The summed E-state index contributed by atoms with van der Waals surface area (Å²) in [5, 5.41) is 21.0. The van der Waals surface area contributed by atoms with Crippen molar-refractivity contribution >= 4 is 11.6 Å². The number of aliphatic hydroxyl groups excluding tert-OH is 1. The van der Waals surface area contributed by atoms with E-state index in [4.69, 9.17) is 11.6 Å². The molecule has 1 saturated carbocycles. The molecule has 0 bridgehead atoms. The molecule has 1 aliphatic rings. The largest absolute Gasteiger partial charge is 0.393 e. The minimum Gasteiger partial charge on any atom is -0.393 e. The van der Waals surface area contributed by atoms with Crippen molar-refractivity contribution < 1.29 is 10.2 Å². The number of hydrogen-bond donors (Lipinski definition) is 2. The third-order valence-corrected chi connectivity index (χ3v) is 4.85. The Labute approximate surface area is 114 Å². The molecule has 2 N–H and O–H groups in total. The molecule has 1 aromatic rings. The molecule has 0 saturated heterocycles. The van der Waals surface area contributed by atoms with Gasteiger partial charge in [0.2, 0.25) is 0 Å². The molecule has 0 spiro atoms. The van der Waals surface area contributed by atoms with Gasteiger partial charge in [0.25, 0.3) is 0 Å². The van der Waals surface area contributed by atoms with Crippen molar-refractivity contribution in [3.05, 3.63) is 34.9 Å². The lowest BCUT2D eigenvalue weighted by Crippen LogP contribution is -2.49. The molecule has 2 atom stereocenters. The van der Waals surface area contributed by atoms with Crippen LogP contribution in [0.5, 0.6) is 0 Å². The fraction of sp³-hybridized carbons (Fsp3) is 0.600. The van der Waals surface area contributed by atoms with Crippen LogP contribution in [0.15, 0.2) is 24.3 Å². The van der Waals surface area contributed by atoms with Gasteiger partial charge in [-0.05, 0) is 48.3 Å². The summed E-state index contributed by atoms with van der Waals surface area (Å²) in [4.78, 5) is 0. The second-order valence-electron chi connectivity index (χ2n) is 6.03. The van der Waals surface area contributed by atoms with E-state index in [9.17, 15) is 10.2 Å². The summed E-state index contributed by atoms with van der Waals surface area (Å²) in [6, 6.07) is 7.72. The standard InChI is InChI=1S/C15H21ClO2/c1-14(2)8-7-12(15(14,18)10-17)9-11-3-5-13(16)6-4-11/h3-6,12,17-18H,7-10H2,1-2H3/t12-,15-/m0/s1. The maximum atomic E-state index is 10.7. The number of halogens is 1. The molecule has 2 nitrogen and oxygen atoms in total. The molecule has 0 aromatic heterocycles. The Balaban J connectivity index is 2.17. The van der Waals surface area contributed by atoms with Crippen LogP contribution in [-0.2, 0) is 6.42 Å². The highest BCUT2D eigenvalue weighted by molar-refractivity contribution is 6.30. The lowest BCUT2D eigenvalue weighted by atomic mass is 9.73.